The first-order chi connectivity index (χ1) is 11.1. The lowest BCUT2D eigenvalue weighted by molar-refractivity contribution is 0.191. The second-order valence-corrected chi connectivity index (χ2v) is 5.78. The third kappa shape index (κ3) is 3.43. The maximum atomic E-state index is 13.7. The molecule has 0 fully saturated rings. The number of rotatable bonds is 5. The molecule has 0 radical (unpaired) electrons. The normalized spacial score (nSPS) is 10.7. The Balaban J connectivity index is 1.93. The minimum absolute atomic E-state index is 0.162. The number of benzene rings is 2. The molecular weight excluding hydrogens is 317 g/mol. The van der Waals surface area contributed by atoms with Crippen LogP contribution >= 0.6 is 11.3 Å². The Kier molecular flexibility index (Phi) is 4.43. The van der Waals surface area contributed by atoms with Gasteiger partial charge in [-0.05, 0) is 35.0 Å². The summed E-state index contributed by atoms with van der Waals surface area (Å²) in [5, 5.41) is 13.9. The molecule has 0 aliphatic carbocycles. The molecule has 3 aromatic rings. The number of halogens is 1. The zero-order valence-electron chi connectivity index (χ0n) is 12.1. The highest BCUT2D eigenvalue weighted by atomic mass is 32.1. The SMILES string of the molecule is O=C(O)NCCOc1ccc(F)cc1-c1cccc2ccsc12. The van der Waals surface area contributed by atoms with Crippen molar-refractivity contribution < 1.29 is 19.0 Å². The molecule has 0 bridgehead atoms. The number of carboxylic acid groups (broad SMARTS) is 1. The van der Waals surface area contributed by atoms with Gasteiger partial charge in [-0.3, -0.25) is 0 Å². The van der Waals surface area contributed by atoms with Crippen LogP contribution in [0.4, 0.5) is 9.18 Å². The molecule has 1 heterocycles. The standard InChI is InChI=1S/C17H14FNO3S/c18-12-4-5-15(22-8-7-19-17(20)21)14(10-12)13-3-1-2-11-6-9-23-16(11)13/h1-6,9-10,19H,7-8H2,(H,20,21). The van der Waals surface area contributed by atoms with Crippen LogP contribution in [0.1, 0.15) is 0 Å². The van der Waals surface area contributed by atoms with E-state index in [9.17, 15) is 9.18 Å². The second-order valence-electron chi connectivity index (χ2n) is 4.87. The molecule has 3 rings (SSSR count). The zero-order chi connectivity index (χ0) is 16.2. The second kappa shape index (κ2) is 6.66. The Hall–Kier alpha value is -2.60. The molecule has 1 aromatic heterocycles. The van der Waals surface area contributed by atoms with Crippen molar-refractivity contribution in [1.29, 1.82) is 0 Å². The van der Waals surface area contributed by atoms with Crippen molar-refractivity contribution in [3.05, 3.63) is 53.7 Å². The van der Waals surface area contributed by atoms with Crippen LogP contribution in [-0.2, 0) is 0 Å². The molecule has 4 nitrogen and oxygen atoms in total. The van der Waals surface area contributed by atoms with Crippen molar-refractivity contribution >= 4 is 27.5 Å². The molecule has 2 N–H and O–H groups in total. The lowest BCUT2D eigenvalue weighted by atomic mass is 10.0. The van der Waals surface area contributed by atoms with Crippen LogP contribution in [0, 0.1) is 5.82 Å². The van der Waals surface area contributed by atoms with Crippen molar-refractivity contribution in [2.45, 2.75) is 0 Å². The number of thiophene rings is 1. The van der Waals surface area contributed by atoms with E-state index < -0.39 is 6.09 Å². The van der Waals surface area contributed by atoms with Crippen molar-refractivity contribution in [3.8, 4) is 16.9 Å². The number of fused-ring (bicyclic) bond motifs is 1. The maximum Gasteiger partial charge on any atom is 0.404 e. The third-order valence-electron chi connectivity index (χ3n) is 3.35. The molecule has 0 saturated heterocycles. The van der Waals surface area contributed by atoms with Crippen LogP contribution in [0.3, 0.4) is 0 Å². The summed E-state index contributed by atoms with van der Waals surface area (Å²) in [6.45, 7) is 0.334. The molecule has 23 heavy (non-hydrogen) atoms. The van der Waals surface area contributed by atoms with E-state index in [0.29, 0.717) is 11.3 Å². The number of hydrogen-bond donors (Lipinski definition) is 2. The van der Waals surface area contributed by atoms with Gasteiger partial charge in [0.2, 0.25) is 0 Å². The Morgan fingerprint density at radius 1 is 1.22 bits per heavy atom. The molecule has 0 saturated carbocycles. The molecule has 0 unspecified atom stereocenters. The number of hydrogen-bond acceptors (Lipinski definition) is 3. The average molecular weight is 331 g/mol. The van der Waals surface area contributed by atoms with Crippen molar-refractivity contribution in [2.75, 3.05) is 13.2 Å². The maximum absolute atomic E-state index is 13.7. The molecule has 118 valence electrons. The van der Waals surface area contributed by atoms with Gasteiger partial charge in [0.15, 0.2) is 0 Å². The summed E-state index contributed by atoms with van der Waals surface area (Å²) in [4.78, 5) is 10.4. The highest BCUT2D eigenvalue weighted by Crippen LogP contribution is 2.37. The minimum atomic E-state index is -1.10. The van der Waals surface area contributed by atoms with E-state index in [2.05, 4.69) is 5.32 Å². The fourth-order valence-corrected chi connectivity index (χ4v) is 3.29. The first-order valence-corrected chi connectivity index (χ1v) is 7.89. The van der Waals surface area contributed by atoms with Gasteiger partial charge in [0.05, 0.1) is 6.54 Å². The summed E-state index contributed by atoms with van der Waals surface area (Å²) in [5.41, 5.74) is 1.56. The smallest absolute Gasteiger partial charge is 0.404 e. The topological polar surface area (TPSA) is 58.6 Å². The molecule has 0 spiro atoms. The highest BCUT2D eigenvalue weighted by Gasteiger charge is 2.12. The molecule has 0 aliphatic rings. The lowest BCUT2D eigenvalue weighted by Gasteiger charge is -2.12. The van der Waals surface area contributed by atoms with Gasteiger partial charge in [-0.25, -0.2) is 9.18 Å². The first-order valence-electron chi connectivity index (χ1n) is 7.01. The summed E-state index contributed by atoms with van der Waals surface area (Å²) < 4.78 is 20.4. The van der Waals surface area contributed by atoms with Crippen LogP contribution in [0.2, 0.25) is 0 Å². The van der Waals surface area contributed by atoms with E-state index in [1.54, 1.807) is 17.4 Å². The zero-order valence-corrected chi connectivity index (χ0v) is 12.9. The molecule has 0 atom stereocenters. The van der Waals surface area contributed by atoms with E-state index >= 15 is 0 Å². The highest BCUT2D eigenvalue weighted by molar-refractivity contribution is 7.17. The van der Waals surface area contributed by atoms with Gasteiger partial charge in [-0.1, -0.05) is 18.2 Å². The summed E-state index contributed by atoms with van der Waals surface area (Å²) >= 11 is 1.59. The van der Waals surface area contributed by atoms with Crippen LogP contribution in [0.25, 0.3) is 21.2 Å². The van der Waals surface area contributed by atoms with Gasteiger partial charge in [0, 0.05) is 15.8 Å². The molecule has 2 aromatic carbocycles. The number of amides is 1. The van der Waals surface area contributed by atoms with Crippen molar-refractivity contribution in [3.63, 3.8) is 0 Å². The van der Waals surface area contributed by atoms with Crippen molar-refractivity contribution in [2.24, 2.45) is 0 Å². The summed E-state index contributed by atoms with van der Waals surface area (Å²) in [6, 6.07) is 12.2. The third-order valence-corrected chi connectivity index (χ3v) is 4.31. The largest absolute Gasteiger partial charge is 0.491 e. The predicted molar refractivity (Wildman–Crippen MR) is 88.7 cm³/mol. The summed E-state index contributed by atoms with van der Waals surface area (Å²) in [5.74, 6) is 0.184. The van der Waals surface area contributed by atoms with Crippen molar-refractivity contribution in [1.82, 2.24) is 5.32 Å². The van der Waals surface area contributed by atoms with Gasteiger partial charge in [0.25, 0.3) is 0 Å². The van der Waals surface area contributed by atoms with Gasteiger partial charge in [0.1, 0.15) is 18.2 Å². The quantitative estimate of drug-likeness (QED) is 0.683. The summed E-state index contributed by atoms with van der Waals surface area (Å²) in [7, 11) is 0. The summed E-state index contributed by atoms with van der Waals surface area (Å²) in [6.07, 6.45) is -1.10. The Labute approximate surface area is 136 Å². The minimum Gasteiger partial charge on any atom is -0.491 e. The Bertz CT molecular complexity index is 847. The number of carbonyl (C=O) groups is 1. The predicted octanol–water partition coefficient (Wildman–Crippen LogP) is 4.35. The monoisotopic (exact) mass is 331 g/mol. The number of ether oxygens (including phenoxy) is 1. The van der Waals surface area contributed by atoms with Gasteiger partial charge >= 0.3 is 6.09 Å². The van der Waals surface area contributed by atoms with Crippen LogP contribution in [0.15, 0.2) is 47.8 Å². The Morgan fingerprint density at radius 2 is 2.09 bits per heavy atom. The fraction of sp³-hybridized carbons (Fsp3) is 0.118. The van der Waals surface area contributed by atoms with Crippen LogP contribution in [0.5, 0.6) is 5.75 Å². The fourth-order valence-electron chi connectivity index (χ4n) is 2.36. The molecule has 6 heteroatoms. The first kappa shape index (κ1) is 15.3. The van der Waals surface area contributed by atoms with E-state index in [-0.39, 0.29) is 19.0 Å². The van der Waals surface area contributed by atoms with Gasteiger partial charge < -0.3 is 15.2 Å². The lowest BCUT2D eigenvalue weighted by Crippen LogP contribution is -2.26. The van der Waals surface area contributed by atoms with E-state index in [0.717, 1.165) is 15.6 Å². The average Bonchev–Trinajstić information content (AvgIpc) is 3.01. The Morgan fingerprint density at radius 3 is 2.91 bits per heavy atom. The number of nitrogens with one attached hydrogen (secondary N) is 1. The van der Waals surface area contributed by atoms with E-state index in [1.165, 1.54) is 12.1 Å². The van der Waals surface area contributed by atoms with Gasteiger partial charge in [-0.2, -0.15) is 0 Å². The molecular formula is C17H14FNO3S. The molecule has 1 amide bonds. The van der Waals surface area contributed by atoms with Crippen LogP contribution in [-0.4, -0.2) is 24.4 Å². The van der Waals surface area contributed by atoms with Gasteiger partial charge in [-0.15, -0.1) is 11.3 Å². The van der Waals surface area contributed by atoms with E-state index in [4.69, 9.17) is 9.84 Å². The van der Waals surface area contributed by atoms with Crippen LogP contribution < -0.4 is 10.1 Å². The molecule has 0 aliphatic heterocycles. The van der Waals surface area contributed by atoms with E-state index in [1.807, 2.05) is 29.6 Å².